The fraction of sp³-hybridized carbons (Fsp3) is 0.500. The Hall–Kier alpha value is -2.67. The normalized spacial score (nSPS) is 26.6. The summed E-state index contributed by atoms with van der Waals surface area (Å²) in [5.41, 5.74) is 1.72. The van der Waals surface area contributed by atoms with Crippen LogP contribution in [0.2, 0.25) is 0 Å². The van der Waals surface area contributed by atoms with Gasteiger partial charge in [-0.3, -0.25) is 0 Å². The van der Waals surface area contributed by atoms with Gasteiger partial charge in [-0.15, -0.1) is 0 Å². The molecule has 3 atom stereocenters. The first-order valence-electron chi connectivity index (χ1n) is 10.4. The van der Waals surface area contributed by atoms with Gasteiger partial charge in [-0.05, 0) is 56.5 Å². The fourth-order valence-electron chi connectivity index (χ4n) is 5.40. The second kappa shape index (κ2) is 7.30. The molecule has 2 aromatic rings. The van der Waals surface area contributed by atoms with Gasteiger partial charge in [0.15, 0.2) is 0 Å². The minimum Gasteiger partial charge on any atom is -0.424 e. The Morgan fingerprint density at radius 3 is 2.76 bits per heavy atom. The molecule has 3 aliphatic rings. The molecule has 1 aromatic heterocycles. The molecule has 7 heteroatoms. The van der Waals surface area contributed by atoms with Crippen molar-refractivity contribution < 1.29 is 14.3 Å². The molecule has 5 rings (SSSR count). The van der Waals surface area contributed by atoms with Gasteiger partial charge in [-0.25, -0.2) is 14.8 Å². The molecular formula is C22H26N4O3. The number of aromatic nitrogens is 2. The third-order valence-corrected chi connectivity index (χ3v) is 6.67. The van der Waals surface area contributed by atoms with E-state index in [1.165, 1.54) is 12.8 Å². The van der Waals surface area contributed by atoms with E-state index in [1.807, 2.05) is 25.1 Å². The zero-order chi connectivity index (χ0) is 19.8. The van der Waals surface area contributed by atoms with Crippen LogP contribution >= 0.6 is 0 Å². The van der Waals surface area contributed by atoms with Crippen LogP contribution in [0.3, 0.4) is 0 Å². The molecule has 3 unspecified atom stereocenters. The molecule has 2 heterocycles. The predicted molar refractivity (Wildman–Crippen MR) is 108 cm³/mol. The molecule has 3 fully saturated rings. The maximum atomic E-state index is 12.6. The summed E-state index contributed by atoms with van der Waals surface area (Å²) < 4.78 is 11.6. The number of amides is 2. The van der Waals surface area contributed by atoms with Crippen molar-refractivity contribution >= 4 is 11.7 Å². The Morgan fingerprint density at radius 1 is 1.21 bits per heavy atom. The highest BCUT2D eigenvalue weighted by molar-refractivity contribution is 5.89. The summed E-state index contributed by atoms with van der Waals surface area (Å²) in [6.45, 7) is 2.71. The summed E-state index contributed by atoms with van der Waals surface area (Å²) in [6, 6.07) is 9.42. The van der Waals surface area contributed by atoms with E-state index in [-0.39, 0.29) is 17.5 Å². The number of hydrogen-bond donors (Lipinski definition) is 2. The average molecular weight is 394 g/mol. The molecular weight excluding hydrogens is 368 g/mol. The summed E-state index contributed by atoms with van der Waals surface area (Å²) in [5, 5.41) is 6.20. The van der Waals surface area contributed by atoms with Crippen LogP contribution in [0, 0.1) is 18.3 Å². The molecule has 0 bridgehead atoms. The second-order valence-corrected chi connectivity index (χ2v) is 8.37. The summed E-state index contributed by atoms with van der Waals surface area (Å²) in [5.74, 6) is 1.08. The molecule has 1 aromatic carbocycles. The summed E-state index contributed by atoms with van der Waals surface area (Å²) >= 11 is 0. The SMILES string of the molecule is Cc1ccnc(Oc2ccc(NC(=O)NC3C4CCOC4C34CCCC4)cc2)n1. The molecule has 7 nitrogen and oxygen atoms in total. The number of hydrogen-bond acceptors (Lipinski definition) is 5. The molecule has 152 valence electrons. The van der Waals surface area contributed by atoms with Crippen molar-refractivity contribution in [3.63, 3.8) is 0 Å². The van der Waals surface area contributed by atoms with Crippen LogP contribution in [0.5, 0.6) is 11.8 Å². The molecule has 1 aliphatic heterocycles. The van der Waals surface area contributed by atoms with Crippen LogP contribution in [0.25, 0.3) is 0 Å². The Labute approximate surface area is 170 Å². The third-order valence-electron chi connectivity index (χ3n) is 6.67. The molecule has 0 radical (unpaired) electrons. The number of fused-ring (bicyclic) bond motifs is 2. The monoisotopic (exact) mass is 394 g/mol. The van der Waals surface area contributed by atoms with Crippen LogP contribution in [0.15, 0.2) is 36.5 Å². The van der Waals surface area contributed by atoms with Gasteiger partial charge in [0.05, 0.1) is 6.10 Å². The molecule has 1 saturated heterocycles. The number of anilines is 1. The largest absolute Gasteiger partial charge is 0.424 e. The number of aryl methyl sites for hydroxylation is 1. The Balaban J connectivity index is 1.20. The van der Waals surface area contributed by atoms with E-state index < -0.39 is 0 Å². The van der Waals surface area contributed by atoms with Gasteiger partial charge in [-0.1, -0.05) is 12.8 Å². The molecule has 2 saturated carbocycles. The molecule has 2 amide bonds. The van der Waals surface area contributed by atoms with Crippen LogP contribution in [0.1, 0.15) is 37.8 Å². The number of carbonyl (C=O) groups excluding carboxylic acids is 1. The van der Waals surface area contributed by atoms with Crippen molar-refractivity contribution in [2.24, 2.45) is 11.3 Å². The Bertz CT molecular complexity index is 895. The highest BCUT2D eigenvalue weighted by Crippen LogP contribution is 2.60. The van der Waals surface area contributed by atoms with Crippen LogP contribution in [0.4, 0.5) is 10.5 Å². The first-order chi connectivity index (χ1) is 14.1. The van der Waals surface area contributed by atoms with Crippen molar-refractivity contribution in [3.05, 3.63) is 42.2 Å². The summed E-state index contributed by atoms with van der Waals surface area (Å²) in [6.07, 6.45) is 7.84. The molecule has 2 aliphatic carbocycles. The van der Waals surface area contributed by atoms with Gasteiger partial charge in [0.25, 0.3) is 0 Å². The quantitative estimate of drug-likeness (QED) is 0.817. The first-order valence-corrected chi connectivity index (χ1v) is 10.4. The van der Waals surface area contributed by atoms with Gasteiger partial charge < -0.3 is 20.1 Å². The highest BCUT2D eigenvalue weighted by Gasteiger charge is 2.65. The molecule has 2 N–H and O–H groups in total. The Morgan fingerprint density at radius 2 is 2.00 bits per heavy atom. The predicted octanol–water partition coefficient (Wildman–Crippen LogP) is 4.05. The summed E-state index contributed by atoms with van der Waals surface area (Å²) in [4.78, 5) is 21.0. The average Bonchev–Trinajstić information content (AvgIpc) is 3.37. The van der Waals surface area contributed by atoms with Crippen molar-refractivity contribution in [1.82, 2.24) is 15.3 Å². The zero-order valence-corrected chi connectivity index (χ0v) is 16.6. The third kappa shape index (κ3) is 3.33. The van der Waals surface area contributed by atoms with Crippen LogP contribution in [-0.2, 0) is 4.74 Å². The van der Waals surface area contributed by atoms with Crippen molar-refractivity contribution in [1.29, 1.82) is 0 Å². The van der Waals surface area contributed by atoms with E-state index in [4.69, 9.17) is 9.47 Å². The van der Waals surface area contributed by atoms with Gasteiger partial charge in [0.2, 0.25) is 0 Å². The molecule has 1 spiro atoms. The number of carbonyl (C=O) groups is 1. The highest BCUT2D eigenvalue weighted by atomic mass is 16.5. The lowest BCUT2D eigenvalue weighted by molar-refractivity contribution is -0.125. The standard InChI is InChI=1S/C22H26N4O3/c1-14-8-12-23-21(24-14)29-16-6-4-15(5-7-16)25-20(27)26-18-17-9-13-28-19(17)22(18)10-2-3-11-22/h4-8,12,17-19H,2-3,9-11,13H2,1H3,(H2,25,26,27). The Kier molecular flexibility index (Phi) is 4.62. The number of nitrogens with one attached hydrogen (secondary N) is 2. The first kappa shape index (κ1) is 18.4. The maximum absolute atomic E-state index is 12.6. The minimum atomic E-state index is -0.151. The lowest BCUT2D eigenvalue weighted by atomic mass is 9.54. The zero-order valence-electron chi connectivity index (χ0n) is 16.6. The number of benzene rings is 1. The summed E-state index contributed by atoms with van der Waals surface area (Å²) in [7, 11) is 0. The van der Waals surface area contributed by atoms with Crippen LogP contribution in [-0.4, -0.2) is 34.8 Å². The molecule has 29 heavy (non-hydrogen) atoms. The van der Waals surface area contributed by atoms with Gasteiger partial charge in [0.1, 0.15) is 5.75 Å². The van der Waals surface area contributed by atoms with E-state index in [1.54, 1.807) is 18.3 Å². The topological polar surface area (TPSA) is 85.4 Å². The van der Waals surface area contributed by atoms with Gasteiger partial charge in [0, 0.05) is 41.6 Å². The van der Waals surface area contributed by atoms with Crippen LogP contribution < -0.4 is 15.4 Å². The second-order valence-electron chi connectivity index (χ2n) is 8.37. The minimum absolute atomic E-state index is 0.151. The van der Waals surface area contributed by atoms with E-state index in [9.17, 15) is 4.79 Å². The van der Waals surface area contributed by atoms with Gasteiger partial charge >= 0.3 is 12.0 Å². The van der Waals surface area contributed by atoms with Crippen molar-refractivity contribution in [2.75, 3.05) is 11.9 Å². The number of rotatable bonds is 4. The van der Waals surface area contributed by atoms with Gasteiger partial charge in [-0.2, -0.15) is 0 Å². The van der Waals surface area contributed by atoms with E-state index in [2.05, 4.69) is 20.6 Å². The lowest BCUT2D eigenvalue weighted by Gasteiger charge is -2.56. The van der Waals surface area contributed by atoms with Crippen molar-refractivity contribution in [2.45, 2.75) is 51.2 Å². The lowest BCUT2D eigenvalue weighted by Crippen LogP contribution is -2.68. The smallest absolute Gasteiger partial charge is 0.322 e. The fourth-order valence-corrected chi connectivity index (χ4v) is 5.40. The van der Waals surface area contributed by atoms with E-state index >= 15 is 0 Å². The number of ether oxygens (including phenoxy) is 2. The van der Waals surface area contributed by atoms with Crippen molar-refractivity contribution in [3.8, 4) is 11.8 Å². The number of urea groups is 1. The van der Waals surface area contributed by atoms with E-state index in [0.717, 1.165) is 37.3 Å². The maximum Gasteiger partial charge on any atom is 0.322 e. The number of nitrogens with zero attached hydrogens (tertiary/aromatic N) is 2. The van der Waals surface area contributed by atoms with E-state index in [0.29, 0.717) is 23.8 Å².